The molecule has 0 aromatic carbocycles. The maximum absolute atomic E-state index is 5.77. The highest BCUT2D eigenvalue weighted by Gasteiger charge is 2.09. The molecule has 1 rings (SSSR count). The monoisotopic (exact) mass is 167 g/mol. The average molecular weight is 167 g/mol. The minimum atomic E-state index is 0.0810. The van der Waals surface area contributed by atoms with Crippen LogP contribution in [0.25, 0.3) is 0 Å². The van der Waals surface area contributed by atoms with E-state index in [0.717, 1.165) is 11.3 Å². The van der Waals surface area contributed by atoms with Crippen LogP contribution in [0.5, 0.6) is 0 Å². The molecule has 0 aliphatic heterocycles. The molecule has 0 saturated heterocycles. The van der Waals surface area contributed by atoms with E-state index in [4.69, 9.17) is 5.73 Å². The maximum atomic E-state index is 5.77. The molecular weight excluding hydrogens is 150 g/mol. The molecule has 0 fully saturated rings. The summed E-state index contributed by atoms with van der Waals surface area (Å²) in [6.07, 6.45) is 2.03. The Kier molecular flexibility index (Phi) is 2.52. The summed E-state index contributed by atoms with van der Waals surface area (Å²) in [6, 6.07) is 0.494. The van der Waals surface area contributed by atoms with Gasteiger partial charge < -0.3 is 5.73 Å². The van der Waals surface area contributed by atoms with Crippen LogP contribution in [-0.2, 0) is 0 Å². The average Bonchev–Trinajstić information content (AvgIpc) is 2.30. The predicted molar refractivity (Wildman–Crippen MR) is 50.0 cm³/mol. The van der Waals surface area contributed by atoms with E-state index >= 15 is 0 Å². The molecule has 0 aliphatic rings. The number of hydrogen-bond donors (Lipinski definition) is 1. The van der Waals surface area contributed by atoms with E-state index in [-0.39, 0.29) is 6.04 Å². The first kappa shape index (κ1) is 9.26. The fraction of sp³-hybridized carbons (Fsp3) is 0.667. The fourth-order valence-electron chi connectivity index (χ4n) is 1.21. The molecule has 68 valence electrons. The Morgan fingerprint density at radius 2 is 2.00 bits per heavy atom. The van der Waals surface area contributed by atoms with Gasteiger partial charge in [0.2, 0.25) is 0 Å². The highest BCUT2D eigenvalue weighted by molar-refractivity contribution is 5.18. The van der Waals surface area contributed by atoms with Crippen molar-refractivity contribution < 1.29 is 0 Å². The van der Waals surface area contributed by atoms with E-state index in [2.05, 4.69) is 18.9 Å². The lowest BCUT2D eigenvalue weighted by molar-refractivity contribution is 0.528. The molecule has 1 aromatic heterocycles. The number of rotatable bonds is 2. The van der Waals surface area contributed by atoms with Crippen molar-refractivity contribution in [3.05, 3.63) is 17.5 Å². The van der Waals surface area contributed by atoms with Gasteiger partial charge in [-0.05, 0) is 27.7 Å². The molecule has 0 spiro atoms. The van der Waals surface area contributed by atoms with Crippen LogP contribution in [0.15, 0.2) is 6.20 Å². The number of aromatic nitrogens is 2. The molecule has 0 saturated carbocycles. The summed E-state index contributed by atoms with van der Waals surface area (Å²) >= 11 is 0. The van der Waals surface area contributed by atoms with Crippen molar-refractivity contribution in [3.63, 3.8) is 0 Å². The van der Waals surface area contributed by atoms with E-state index in [9.17, 15) is 0 Å². The second-order valence-electron chi connectivity index (χ2n) is 3.53. The van der Waals surface area contributed by atoms with Crippen molar-refractivity contribution in [1.82, 2.24) is 9.78 Å². The van der Waals surface area contributed by atoms with Gasteiger partial charge in [-0.15, -0.1) is 0 Å². The Morgan fingerprint density at radius 1 is 1.42 bits per heavy atom. The first-order chi connectivity index (χ1) is 5.52. The molecule has 0 radical (unpaired) electrons. The molecule has 0 bridgehead atoms. The van der Waals surface area contributed by atoms with Crippen LogP contribution < -0.4 is 5.73 Å². The summed E-state index contributed by atoms with van der Waals surface area (Å²) in [5, 5.41) is 4.37. The van der Waals surface area contributed by atoms with Gasteiger partial charge in [-0.25, -0.2) is 0 Å². The van der Waals surface area contributed by atoms with E-state index in [1.165, 1.54) is 0 Å². The lowest BCUT2D eigenvalue weighted by atomic mass is 10.1. The Balaban J connectivity index is 3.00. The lowest BCUT2D eigenvalue weighted by Gasteiger charge is -2.03. The van der Waals surface area contributed by atoms with Crippen molar-refractivity contribution in [3.8, 4) is 0 Å². The van der Waals surface area contributed by atoms with Gasteiger partial charge in [0.1, 0.15) is 0 Å². The van der Waals surface area contributed by atoms with Gasteiger partial charge in [-0.1, -0.05) is 0 Å². The molecule has 0 amide bonds. The van der Waals surface area contributed by atoms with Crippen LogP contribution in [0, 0.1) is 6.92 Å². The lowest BCUT2D eigenvalue weighted by Crippen LogP contribution is -2.05. The second-order valence-corrected chi connectivity index (χ2v) is 3.53. The van der Waals surface area contributed by atoms with Crippen LogP contribution >= 0.6 is 0 Å². The Bertz CT molecular complexity index is 261. The predicted octanol–water partition coefficient (Wildman–Crippen LogP) is 1.79. The zero-order valence-electron chi connectivity index (χ0n) is 8.20. The van der Waals surface area contributed by atoms with Gasteiger partial charge in [0.25, 0.3) is 0 Å². The van der Waals surface area contributed by atoms with Crippen molar-refractivity contribution >= 4 is 0 Å². The highest BCUT2D eigenvalue weighted by Crippen LogP contribution is 2.15. The van der Waals surface area contributed by atoms with Gasteiger partial charge in [0, 0.05) is 23.8 Å². The van der Waals surface area contributed by atoms with Crippen molar-refractivity contribution in [1.29, 1.82) is 0 Å². The molecule has 12 heavy (non-hydrogen) atoms. The molecule has 1 atom stereocenters. The van der Waals surface area contributed by atoms with Gasteiger partial charge >= 0.3 is 0 Å². The van der Waals surface area contributed by atoms with Crippen LogP contribution in [0.4, 0.5) is 0 Å². The normalized spacial score (nSPS) is 13.8. The molecule has 1 heterocycles. The van der Waals surface area contributed by atoms with Gasteiger partial charge in [-0.3, -0.25) is 4.68 Å². The summed E-state index contributed by atoms with van der Waals surface area (Å²) in [5.41, 5.74) is 7.96. The van der Waals surface area contributed by atoms with E-state index in [1.54, 1.807) is 0 Å². The van der Waals surface area contributed by atoms with E-state index in [1.807, 2.05) is 24.7 Å². The topological polar surface area (TPSA) is 43.8 Å². The number of aryl methyl sites for hydroxylation is 1. The second kappa shape index (κ2) is 3.27. The molecule has 0 aliphatic carbocycles. The number of nitrogens with zero attached hydrogens (tertiary/aromatic N) is 2. The first-order valence-electron chi connectivity index (χ1n) is 4.33. The molecule has 3 nitrogen and oxygen atoms in total. The van der Waals surface area contributed by atoms with Crippen molar-refractivity contribution in [2.24, 2.45) is 5.73 Å². The standard InChI is InChI=1S/C9H17N3/c1-6(2)12-5-9(7(3)10)8(4)11-12/h5-7H,10H2,1-4H3. The zero-order chi connectivity index (χ0) is 9.30. The Hall–Kier alpha value is -0.830. The van der Waals surface area contributed by atoms with E-state index in [0.29, 0.717) is 6.04 Å². The molecule has 2 N–H and O–H groups in total. The summed E-state index contributed by atoms with van der Waals surface area (Å²) in [7, 11) is 0. The maximum Gasteiger partial charge on any atom is 0.0641 e. The summed E-state index contributed by atoms with van der Waals surface area (Å²) in [4.78, 5) is 0. The summed E-state index contributed by atoms with van der Waals surface area (Å²) in [5.74, 6) is 0. The van der Waals surface area contributed by atoms with Gasteiger partial charge in [0.05, 0.1) is 5.69 Å². The number of nitrogens with two attached hydrogens (primary N) is 1. The van der Waals surface area contributed by atoms with Crippen LogP contribution in [0.1, 0.15) is 44.1 Å². The minimum absolute atomic E-state index is 0.0810. The number of hydrogen-bond acceptors (Lipinski definition) is 2. The van der Waals surface area contributed by atoms with Crippen LogP contribution in [0.3, 0.4) is 0 Å². The highest BCUT2D eigenvalue weighted by atomic mass is 15.3. The summed E-state index contributed by atoms with van der Waals surface area (Å²) < 4.78 is 1.95. The zero-order valence-corrected chi connectivity index (χ0v) is 8.20. The third-order valence-corrected chi connectivity index (χ3v) is 1.97. The third-order valence-electron chi connectivity index (χ3n) is 1.97. The van der Waals surface area contributed by atoms with Gasteiger partial charge in [0.15, 0.2) is 0 Å². The van der Waals surface area contributed by atoms with Crippen molar-refractivity contribution in [2.45, 2.75) is 39.8 Å². The third kappa shape index (κ3) is 1.67. The Labute approximate surface area is 73.6 Å². The molecule has 3 heteroatoms. The van der Waals surface area contributed by atoms with E-state index < -0.39 is 0 Å². The molecule has 1 unspecified atom stereocenters. The SMILES string of the molecule is Cc1nn(C(C)C)cc1C(C)N. The molecular formula is C9H17N3. The minimum Gasteiger partial charge on any atom is -0.324 e. The van der Waals surface area contributed by atoms with Crippen molar-refractivity contribution in [2.75, 3.05) is 0 Å². The van der Waals surface area contributed by atoms with Gasteiger partial charge in [-0.2, -0.15) is 5.10 Å². The first-order valence-corrected chi connectivity index (χ1v) is 4.33. The fourth-order valence-corrected chi connectivity index (χ4v) is 1.21. The van der Waals surface area contributed by atoms with Crippen LogP contribution in [-0.4, -0.2) is 9.78 Å². The summed E-state index contributed by atoms with van der Waals surface area (Å²) in [6.45, 7) is 8.20. The Morgan fingerprint density at radius 3 is 2.25 bits per heavy atom. The quantitative estimate of drug-likeness (QED) is 0.729. The smallest absolute Gasteiger partial charge is 0.0641 e. The van der Waals surface area contributed by atoms with Crippen LogP contribution in [0.2, 0.25) is 0 Å². The largest absolute Gasteiger partial charge is 0.324 e. The molecule has 1 aromatic rings.